The number of aromatic nitrogens is 1. The SMILES string of the molecule is Brc1ccnc(N2CC[C@@]3(COCCN3)C2)c1. The Labute approximate surface area is 109 Å². The van der Waals surface area contributed by atoms with Crippen molar-refractivity contribution in [3.05, 3.63) is 22.8 Å². The van der Waals surface area contributed by atoms with Crippen LogP contribution in [0.1, 0.15) is 6.42 Å². The van der Waals surface area contributed by atoms with Crippen molar-refractivity contribution in [1.82, 2.24) is 10.3 Å². The zero-order chi connectivity index (χ0) is 11.7. The Balaban J connectivity index is 1.75. The lowest BCUT2D eigenvalue weighted by atomic mass is 9.99. The lowest BCUT2D eigenvalue weighted by Gasteiger charge is -2.34. The Hall–Kier alpha value is -0.650. The molecule has 1 aromatic rings. The van der Waals surface area contributed by atoms with E-state index in [2.05, 4.69) is 37.2 Å². The molecule has 1 spiro atoms. The molecule has 1 atom stereocenters. The predicted octanol–water partition coefficient (Wildman–Crippen LogP) is 1.41. The average molecular weight is 298 g/mol. The number of hydrogen-bond acceptors (Lipinski definition) is 4. The summed E-state index contributed by atoms with van der Waals surface area (Å²) in [7, 11) is 0. The summed E-state index contributed by atoms with van der Waals surface area (Å²) in [5.74, 6) is 1.05. The molecule has 0 radical (unpaired) electrons. The molecule has 2 aliphatic rings. The molecule has 1 aromatic heterocycles. The number of anilines is 1. The fraction of sp³-hybridized carbons (Fsp3) is 0.583. The first-order valence-corrected chi connectivity index (χ1v) is 6.76. The Kier molecular flexibility index (Phi) is 3.06. The summed E-state index contributed by atoms with van der Waals surface area (Å²) in [5.41, 5.74) is 0.141. The van der Waals surface area contributed by atoms with Crippen LogP contribution in [0.4, 0.5) is 5.82 Å². The Morgan fingerprint density at radius 1 is 1.53 bits per heavy atom. The molecule has 5 heteroatoms. The van der Waals surface area contributed by atoms with E-state index >= 15 is 0 Å². The van der Waals surface area contributed by atoms with Gasteiger partial charge in [0.05, 0.1) is 18.8 Å². The van der Waals surface area contributed by atoms with Gasteiger partial charge in [-0.25, -0.2) is 4.98 Å². The zero-order valence-electron chi connectivity index (χ0n) is 9.66. The third-order valence-electron chi connectivity index (χ3n) is 3.51. The first kappa shape index (κ1) is 11.4. The smallest absolute Gasteiger partial charge is 0.129 e. The van der Waals surface area contributed by atoms with Gasteiger partial charge in [-0.2, -0.15) is 0 Å². The number of hydrogen-bond donors (Lipinski definition) is 1. The van der Waals surface area contributed by atoms with Crippen LogP contribution in [0.3, 0.4) is 0 Å². The van der Waals surface area contributed by atoms with Crippen molar-refractivity contribution in [3.8, 4) is 0 Å². The summed E-state index contributed by atoms with van der Waals surface area (Å²) in [5, 5.41) is 3.60. The number of ether oxygens (including phenoxy) is 1. The maximum Gasteiger partial charge on any atom is 0.129 e. The van der Waals surface area contributed by atoms with Gasteiger partial charge < -0.3 is 15.0 Å². The predicted molar refractivity (Wildman–Crippen MR) is 70.3 cm³/mol. The second-order valence-electron chi connectivity index (χ2n) is 4.76. The average Bonchev–Trinajstić information content (AvgIpc) is 2.74. The van der Waals surface area contributed by atoms with Crippen molar-refractivity contribution in [2.45, 2.75) is 12.0 Å². The molecule has 17 heavy (non-hydrogen) atoms. The van der Waals surface area contributed by atoms with E-state index in [1.807, 2.05) is 12.3 Å². The van der Waals surface area contributed by atoms with E-state index in [9.17, 15) is 0 Å². The summed E-state index contributed by atoms with van der Waals surface area (Å²) in [6.45, 7) is 4.63. The molecule has 2 fully saturated rings. The quantitative estimate of drug-likeness (QED) is 0.851. The van der Waals surface area contributed by atoms with Gasteiger partial charge in [-0.15, -0.1) is 0 Å². The van der Waals surface area contributed by atoms with Crippen LogP contribution in [0.2, 0.25) is 0 Å². The summed E-state index contributed by atoms with van der Waals surface area (Å²) >= 11 is 3.49. The minimum absolute atomic E-state index is 0.141. The molecule has 0 saturated carbocycles. The van der Waals surface area contributed by atoms with Gasteiger partial charge in [0.25, 0.3) is 0 Å². The van der Waals surface area contributed by atoms with Crippen LogP contribution < -0.4 is 10.2 Å². The molecule has 0 unspecified atom stereocenters. The number of rotatable bonds is 1. The first-order chi connectivity index (χ1) is 8.27. The minimum atomic E-state index is 0.141. The normalized spacial score (nSPS) is 28.9. The van der Waals surface area contributed by atoms with E-state index in [-0.39, 0.29) is 5.54 Å². The number of halogens is 1. The van der Waals surface area contributed by atoms with Crippen molar-refractivity contribution < 1.29 is 4.74 Å². The van der Waals surface area contributed by atoms with Gasteiger partial charge in [-0.05, 0) is 18.6 Å². The largest absolute Gasteiger partial charge is 0.378 e. The highest BCUT2D eigenvalue weighted by atomic mass is 79.9. The molecule has 0 aromatic carbocycles. The van der Waals surface area contributed by atoms with Gasteiger partial charge in [0.1, 0.15) is 5.82 Å². The van der Waals surface area contributed by atoms with Gasteiger partial charge in [-0.3, -0.25) is 0 Å². The highest BCUT2D eigenvalue weighted by Gasteiger charge is 2.40. The molecule has 0 amide bonds. The first-order valence-electron chi connectivity index (χ1n) is 5.97. The summed E-state index contributed by atoms with van der Waals surface area (Å²) in [6.07, 6.45) is 2.97. The number of pyridine rings is 1. The maximum absolute atomic E-state index is 5.60. The third kappa shape index (κ3) is 2.32. The molecule has 2 saturated heterocycles. The third-order valence-corrected chi connectivity index (χ3v) is 4.00. The molecule has 2 aliphatic heterocycles. The van der Waals surface area contributed by atoms with Crippen LogP contribution in [0.5, 0.6) is 0 Å². The van der Waals surface area contributed by atoms with Crippen LogP contribution in [0, 0.1) is 0 Å². The number of nitrogens with one attached hydrogen (secondary N) is 1. The van der Waals surface area contributed by atoms with Crippen LogP contribution in [0.15, 0.2) is 22.8 Å². The zero-order valence-corrected chi connectivity index (χ0v) is 11.2. The van der Waals surface area contributed by atoms with Crippen LogP contribution in [-0.4, -0.2) is 43.4 Å². The molecule has 3 rings (SSSR count). The molecular weight excluding hydrogens is 282 g/mol. The van der Waals surface area contributed by atoms with Gasteiger partial charge >= 0.3 is 0 Å². The van der Waals surface area contributed by atoms with Crippen LogP contribution in [0.25, 0.3) is 0 Å². The van der Waals surface area contributed by atoms with Gasteiger partial charge in [0, 0.05) is 30.3 Å². The van der Waals surface area contributed by atoms with Crippen molar-refractivity contribution >= 4 is 21.7 Å². The summed E-state index contributed by atoms with van der Waals surface area (Å²) < 4.78 is 6.68. The van der Waals surface area contributed by atoms with E-state index < -0.39 is 0 Å². The monoisotopic (exact) mass is 297 g/mol. The molecular formula is C12H16BrN3O. The fourth-order valence-corrected chi connectivity index (χ4v) is 2.93. The lowest BCUT2D eigenvalue weighted by molar-refractivity contribution is 0.0368. The van der Waals surface area contributed by atoms with E-state index in [0.717, 1.165) is 49.6 Å². The molecule has 92 valence electrons. The van der Waals surface area contributed by atoms with Crippen molar-refractivity contribution in [2.24, 2.45) is 0 Å². The second kappa shape index (κ2) is 4.55. The fourth-order valence-electron chi connectivity index (χ4n) is 2.60. The molecule has 4 nitrogen and oxygen atoms in total. The topological polar surface area (TPSA) is 37.4 Å². The highest BCUT2D eigenvalue weighted by molar-refractivity contribution is 9.10. The molecule has 3 heterocycles. The van der Waals surface area contributed by atoms with Crippen molar-refractivity contribution in [2.75, 3.05) is 37.7 Å². The summed E-state index contributed by atoms with van der Waals surface area (Å²) in [6, 6.07) is 4.03. The highest BCUT2D eigenvalue weighted by Crippen LogP contribution is 2.28. The van der Waals surface area contributed by atoms with E-state index in [0.29, 0.717) is 0 Å². The Morgan fingerprint density at radius 2 is 2.47 bits per heavy atom. The number of morpholine rings is 1. The van der Waals surface area contributed by atoms with Gasteiger partial charge in [0.15, 0.2) is 0 Å². The van der Waals surface area contributed by atoms with Crippen LogP contribution >= 0.6 is 15.9 Å². The molecule has 0 bridgehead atoms. The van der Waals surface area contributed by atoms with Gasteiger partial charge in [-0.1, -0.05) is 15.9 Å². The second-order valence-corrected chi connectivity index (χ2v) is 5.68. The maximum atomic E-state index is 5.60. The van der Waals surface area contributed by atoms with E-state index in [1.54, 1.807) is 0 Å². The van der Waals surface area contributed by atoms with Crippen LogP contribution in [-0.2, 0) is 4.74 Å². The Morgan fingerprint density at radius 3 is 3.24 bits per heavy atom. The molecule has 1 N–H and O–H groups in total. The summed E-state index contributed by atoms with van der Waals surface area (Å²) in [4.78, 5) is 6.75. The standard InChI is InChI=1S/C12H16BrN3O/c13-10-1-3-14-11(7-10)16-5-2-12(8-16)9-17-6-4-15-12/h1,3,7,15H,2,4-6,8-9H2/t12-/m0/s1. The Bertz CT molecular complexity index is 406. The van der Waals surface area contributed by atoms with E-state index in [1.165, 1.54) is 0 Å². The molecule has 0 aliphatic carbocycles. The lowest BCUT2D eigenvalue weighted by Crippen LogP contribution is -2.55. The van der Waals surface area contributed by atoms with Crippen molar-refractivity contribution in [3.63, 3.8) is 0 Å². The number of nitrogens with zero attached hydrogens (tertiary/aromatic N) is 2. The van der Waals surface area contributed by atoms with E-state index in [4.69, 9.17) is 4.74 Å². The van der Waals surface area contributed by atoms with Crippen molar-refractivity contribution in [1.29, 1.82) is 0 Å². The van der Waals surface area contributed by atoms with Gasteiger partial charge in [0.2, 0.25) is 0 Å². The minimum Gasteiger partial charge on any atom is -0.378 e.